The Morgan fingerprint density at radius 1 is 1.06 bits per heavy atom. The molecule has 0 radical (unpaired) electrons. The third kappa shape index (κ3) is 6.75. The highest BCUT2D eigenvalue weighted by Gasteiger charge is 2.27. The van der Waals surface area contributed by atoms with Crippen molar-refractivity contribution in [2.45, 2.75) is 72.3 Å². The van der Waals surface area contributed by atoms with Crippen LogP contribution in [0.15, 0.2) is 0 Å². The van der Waals surface area contributed by atoms with Crippen LogP contribution in [0.5, 0.6) is 0 Å². The average Bonchev–Trinajstić information content (AvgIpc) is 2.22. The first-order valence-electron chi connectivity index (χ1n) is 6.59. The first kappa shape index (κ1) is 16.2. The fourth-order valence-electron chi connectivity index (χ4n) is 1.83. The minimum absolute atomic E-state index is 0.0312. The molecular weight excluding hydrogens is 220 g/mol. The van der Waals surface area contributed by atoms with Crippen LogP contribution < -0.4 is 0 Å². The maximum absolute atomic E-state index is 6.15. The lowest BCUT2D eigenvalue weighted by molar-refractivity contribution is -0.0182. The van der Waals surface area contributed by atoms with Crippen molar-refractivity contribution in [1.82, 2.24) is 0 Å². The summed E-state index contributed by atoms with van der Waals surface area (Å²) in [5.41, 5.74) is 0.263. The lowest BCUT2D eigenvalue weighted by Crippen LogP contribution is -2.27. The van der Waals surface area contributed by atoms with E-state index in [2.05, 4.69) is 34.6 Å². The molecule has 0 saturated heterocycles. The first-order chi connectivity index (χ1) is 7.39. The summed E-state index contributed by atoms with van der Waals surface area (Å²) in [6.45, 7) is 11.6. The molecule has 0 aromatic carbocycles. The van der Waals surface area contributed by atoms with E-state index in [0.29, 0.717) is 5.41 Å². The summed E-state index contributed by atoms with van der Waals surface area (Å²) in [6, 6.07) is 0. The monoisotopic (exact) mass is 248 g/mol. The van der Waals surface area contributed by atoms with Crippen molar-refractivity contribution in [3.05, 3.63) is 0 Å². The molecule has 0 rings (SSSR count). The number of alkyl halides is 1. The Morgan fingerprint density at radius 3 is 2.06 bits per heavy atom. The molecule has 0 fully saturated rings. The summed E-state index contributed by atoms with van der Waals surface area (Å²) < 4.78 is 5.81. The molecule has 0 heterocycles. The summed E-state index contributed by atoms with van der Waals surface area (Å²) in [5.74, 6) is 0.761. The van der Waals surface area contributed by atoms with Gasteiger partial charge in [0.1, 0.15) is 0 Å². The number of hydrogen-bond acceptors (Lipinski definition) is 1. The molecule has 0 bridgehead atoms. The molecule has 1 nitrogen and oxygen atoms in total. The summed E-state index contributed by atoms with van der Waals surface area (Å²) in [7, 11) is 0. The number of hydrogen-bond donors (Lipinski definition) is 0. The van der Waals surface area contributed by atoms with Crippen molar-refractivity contribution < 1.29 is 4.74 Å². The van der Waals surface area contributed by atoms with Gasteiger partial charge in [-0.25, -0.2) is 0 Å². The Bertz CT molecular complexity index is 168. The third-order valence-electron chi connectivity index (χ3n) is 3.26. The van der Waals surface area contributed by atoms with E-state index < -0.39 is 0 Å². The van der Waals surface area contributed by atoms with Gasteiger partial charge in [-0.1, -0.05) is 26.7 Å². The van der Waals surface area contributed by atoms with Crippen molar-refractivity contribution in [1.29, 1.82) is 0 Å². The maximum atomic E-state index is 6.15. The second-order valence-corrected chi connectivity index (χ2v) is 6.07. The normalized spacial score (nSPS) is 16.1. The van der Waals surface area contributed by atoms with Gasteiger partial charge in [0.05, 0.1) is 5.60 Å². The molecule has 1 atom stereocenters. The predicted octanol–water partition coefficient (Wildman–Crippen LogP) is 5.02. The van der Waals surface area contributed by atoms with Gasteiger partial charge in [0, 0.05) is 12.5 Å². The van der Waals surface area contributed by atoms with Gasteiger partial charge in [-0.3, -0.25) is 0 Å². The molecule has 2 heteroatoms. The average molecular weight is 249 g/mol. The van der Waals surface area contributed by atoms with E-state index in [1.54, 1.807) is 0 Å². The summed E-state index contributed by atoms with van der Waals surface area (Å²) in [6.07, 6.45) is 6.00. The fourth-order valence-corrected chi connectivity index (χ4v) is 2.29. The quantitative estimate of drug-likeness (QED) is 0.549. The van der Waals surface area contributed by atoms with Crippen LogP contribution in [-0.2, 0) is 4.74 Å². The van der Waals surface area contributed by atoms with Gasteiger partial charge >= 0.3 is 0 Å². The van der Waals surface area contributed by atoms with Gasteiger partial charge in [0.25, 0.3) is 0 Å². The van der Waals surface area contributed by atoms with Gasteiger partial charge in [0.15, 0.2) is 0 Å². The lowest BCUT2D eigenvalue weighted by atomic mass is 9.79. The molecule has 0 aliphatic carbocycles. The lowest BCUT2D eigenvalue weighted by Gasteiger charge is -2.32. The zero-order valence-corrected chi connectivity index (χ0v) is 12.5. The van der Waals surface area contributed by atoms with Crippen molar-refractivity contribution >= 4 is 11.6 Å². The van der Waals surface area contributed by atoms with Crippen LogP contribution >= 0.6 is 11.6 Å². The Balaban J connectivity index is 4.11. The Morgan fingerprint density at radius 2 is 1.69 bits per heavy atom. The number of halogens is 1. The molecule has 0 aromatic heterocycles. The van der Waals surface area contributed by atoms with Gasteiger partial charge in [0.2, 0.25) is 0 Å². The molecule has 1 unspecified atom stereocenters. The Labute approximate surface area is 107 Å². The van der Waals surface area contributed by atoms with Crippen LogP contribution in [0.4, 0.5) is 0 Å². The largest absolute Gasteiger partial charge is 0.376 e. The number of rotatable bonds is 8. The Kier molecular flexibility index (Phi) is 7.67. The summed E-state index contributed by atoms with van der Waals surface area (Å²) in [4.78, 5) is 0. The van der Waals surface area contributed by atoms with E-state index in [-0.39, 0.29) is 5.60 Å². The molecule has 0 aliphatic rings. The van der Waals surface area contributed by atoms with E-state index in [1.807, 2.05) is 0 Å². The van der Waals surface area contributed by atoms with Gasteiger partial charge in [-0.15, -0.1) is 11.6 Å². The molecule has 0 spiro atoms. The van der Waals surface area contributed by atoms with E-state index in [9.17, 15) is 0 Å². The van der Waals surface area contributed by atoms with Crippen LogP contribution in [0.3, 0.4) is 0 Å². The van der Waals surface area contributed by atoms with E-state index >= 15 is 0 Å². The van der Waals surface area contributed by atoms with Crippen LogP contribution in [0.25, 0.3) is 0 Å². The minimum atomic E-state index is -0.0312. The molecule has 0 aromatic rings. The van der Waals surface area contributed by atoms with Crippen LogP contribution in [0.2, 0.25) is 0 Å². The van der Waals surface area contributed by atoms with Gasteiger partial charge in [-0.2, -0.15) is 0 Å². The molecule has 16 heavy (non-hydrogen) atoms. The number of ether oxygens (including phenoxy) is 1. The second kappa shape index (κ2) is 7.55. The van der Waals surface area contributed by atoms with E-state index in [4.69, 9.17) is 16.3 Å². The zero-order valence-electron chi connectivity index (χ0n) is 11.7. The fraction of sp³-hybridized carbons (Fsp3) is 1.00. The highest BCUT2D eigenvalue weighted by Crippen LogP contribution is 2.34. The molecular formula is C14H29ClO. The van der Waals surface area contributed by atoms with Crippen molar-refractivity contribution in [2.75, 3.05) is 12.5 Å². The molecule has 0 aliphatic heterocycles. The van der Waals surface area contributed by atoms with Gasteiger partial charge < -0.3 is 4.74 Å². The topological polar surface area (TPSA) is 9.23 Å². The van der Waals surface area contributed by atoms with Crippen molar-refractivity contribution in [2.24, 2.45) is 5.41 Å². The molecule has 0 N–H and O–H groups in total. The predicted molar refractivity (Wildman–Crippen MR) is 73.3 cm³/mol. The number of unbranched alkanes of at least 4 members (excludes halogenated alkanes) is 1. The zero-order chi connectivity index (χ0) is 12.7. The van der Waals surface area contributed by atoms with E-state index in [0.717, 1.165) is 25.3 Å². The first-order valence-corrected chi connectivity index (χ1v) is 7.12. The molecule has 0 saturated carbocycles. The van der Waals surface area contributed by atoms with Gasteiger partial charge in [-0.05, 0) is 45.4 Å². The van der Waals surface area contributed by atoms with Crippen molar-refractivity contribution in [3.8, 4) is 0 Å². The third-order valence-corrected chi connectivity index (χ3v) is 3.83. The highest BCUT2D eigenvalue weighted by molar-refractivity contribution is 6.18. The van der Waals surface area contributed by atoms with Crippen LogP contribution in [0.1, 0.15) is 66.7 Å². The highest BCUT2D eigenvalue weighted by atomic mass is 35.5. The summed E-state index contributed by atoms with van der Waals surface area (Å²) in [5, 5.41) is 0. The van der Waals surface area contributed by atoms with Crippen LogP contribution in [0, 0.1) is 5.41 Å². The van der Waals surface area contributed by atoms with E-state index in [1.165, 1.54) is 19.3 Å². The smallest absolute Gasteiger partial charge is 0.0598 e. The van der Waals surface area contributed by atoms with Crippen LogP contribution in [-0.4, -0.2) is 18.1 Å². The SMILES string of the molecule is CCCCC(CC)(CCl)CCOC(C)(C)C. The second-order valence-electron chi connectivity index (χ2n) is 5.80. The maximum Gasteiger partial charge on any atom is 0.0598 e. The minimum Gasteiger partial charge on any atom is -0.376 e. The molecule has 98 valence electrons. The van der Waals surface area contributed by atoms with Crippen molar-refractivity contribution in [3.63, 3.8) is 0 Å². The summed E-state index contributed by atoms with van der Waals surface area (Å²) >= 11 is 6.15. The molecule has 0 amide bonds. The Hall–Kier alpha value is 0.250. The standard InChI is InChI=1S/C14H29ClO/c1-6-8-9-14(7-2,12-15)10-11-16-13(3,4)5/h6-12H2,1-5H3.